The third kappa shape index (κ3) is 5.62. The first kappa shape index (κ1) is 24.1. The molecule has 1 aliphatic carbocycles. The zero-order chi connectivity index (χ0) is 23.3. The van der Waals surface area contributed by atoms with Gasteiger partial charge in [-0.2, -0.15) is 8.42 Å². The van der Waals surface area contributed by atoms with E-state index < -0.39 is 10.1 Å². The molecule has 3 atom stereocenters. The Hall–Kier alpha value is -2.56. The van der Waals surface area contributed by atoms with Crippen LogP contribution in [0.25, 0.3) is 0 Å². The summed E-state index contributed by atoms with van der Waals surface area (Å²) in [6.45, 7) is 3.90. The number of hydrogen-bond donors (Lipinski definition) is 2. The Labute approximate surface area is 188 Å². The fraction of sp³-hybridized carbons (Fsp3) is 0.500. The number of fused-ring (bicyclic) bond motifs is 3. The molecule has 2 heterocycles. The van der Waals surface area contributed by atoms with Gasteiger partial charge in [0, 0.05) is 29.4 Å². The third-order valence-electron chi connectivity index (χ3n) is 5.57. The fourth-order valence-corrected chi connectivity index (χ4v) is 4.02. The lowest BCUT2D eigenvalue weighted by atomic mass is 9.74. The fourth-order valence-electron chi connectivity index (χ4n) is 4.02. The van der Waals surface area contributed by atoms with Gasteiger partial charge in [-0.25, -0.2) is 9.97 Å². The van der Waals surface area contributed by atoms with Crippen LogP contribution in [-0.2, 0) is 10.1 Å². The Morgan fingerprint density at radius 1 is 1.12 bits per heavy atom. The van der Waals surface area contributed by atoms with Crippen LogP contribution in [0.2, 0.25) is 0 Å². The molecule has 32 heavy (non-hydrogen) atoms. The van der Waals surface area contributed by atoms with Crippen molar-refractivity contribution in [3.63, 3.8) is 0 Å². The summed E-state index contributed by atoms with van der Waals surface area (Å²) in [4.78, 5) is 13.3. The highest BCUT2D eigenvalue weighted by Gasteiger charge is 2.37. The summed E-state index contributed by atoms with van der Waals surface area (Å²) in [5, 5.41) is 10.2. The van der Waals surface area contributed by atoms with Gasteiger partial charge in [0.2, 0.25) is 0 Å². The molecule has 2 aromatic rings. The molecule has 0 unspecified atom stereocenters. The molecule has 9 nitrogen and oxygen atoms in total. The zero-order valence-corrected chi connectivity index (χ0v) is 19.2. The van der Waals surface area contributed by atoms with Crippen molar-refractivity contribution in [2.75, 3.05) is 19.5 Å². The van der Waals surface area contributed by atoms with Gasteiger partial charge >= 0.3 is 0 Å². The zero-order valence-electron chi connectivity index (χ0n) is 18.4. The first-order chi connectivity index (χ1) is 15.3. The maximum atomic E-state index is 10.2. The van der Waals surface area contributed by atoms with Crippen molar-refractivity contribution in [3.05, 3.63) is 47.5 Å². The number of methoxy groups -OCH3 is 1. The minimum absolute atomic E-state index is 0.156. The second-order valence-electron chi connectivity index (χ2n) is 7.64. The first-order valence-electron chi connectivity index (χ1n) is 10.6. The van der Waals surface area contributed by atoms with E-state index in [1.54, 1.807) is 19.5 Å². The summed E-state index contributed by atoms with van der Waals surface area (Å²) in [6, 6.07) is 4.21. The largest absolute Gasteiger partial charge is 0.493 e. The molecule has 0 saturated heterocycles. The average molecular weight is 464 g/mol. The maximum Gasteiger partial charge on any atom is 0.264 e. The lowest BCUT2D eigenvalue weighted by Crippen LogP contribution is -2.34. The molecule has 2 aliphatic rings. The molecule has 0 radical (unpaired) electrons. The molecule has 0 bridgehead atoms. The highest BCUT2D eigenvalue weighted by Crippen LogP contribution is 2.44. The van der Waals surface area contributed by atoms with Crippen LogP contribution >= 0.6 is 0 Å². The molecular formula is C22H29N3O6S. The van der Waals surface area contributed by atoms with Gasteiger partial charge in [0.1, 0.15) is 6.33 Å². The Bertz CT molecular complexity index is 1060. The summed E-state index contributed by atoms with van der Waals surface area (Å²) in [5.41, 5.74) is 3.95. The minimum Gasteiger partial charge on any atom is -0.493 e. The van der Waals surface area contributed by atoms with E-state index in [2.05, 4.69) is 16.0 Å². The highest BCUT2D eigenvalue weighted by atomic mass is 32.2. The number of aliphatic hydroxyl groups excluding tert-OH is 1. The number of aliphatic hydroxyl groups is 1. The summed E-state index contributed by atoms with van der Waals surface area (Å²) in [7, 11) is -2.02. The van der Waals surface area contributed by atoms with Crippen molar-refractivity contribution in [2.45, 2.75) is 51.2 Å². The number of rotatable bonds is 5. The monoisotopic (exact) mass is 463 g/mol. The lowest BCUT2D eigenvalue weighted by Gasteiger charge is -2.37. The molecule has 1 aliphatic heterocycles. The summed E-state index contributed by atoms with van der Waals surface area (Å²) < 4.78 is 38.2. The predicted octanol–water partition coefficient (Wildman–Crippen LogP) is 2.63. The number of nitrogens with zero attached hydrogens (tertiary/aromatic N) is 3. The SMILES string of the molecule is CCOc1cc2c(cc1OC)C(c1cncnc1)=N[C@@H]1CC[C@@H](O)C[C@H]21.CCS(=O)(=O)O. The molecule has 0 amide bonds. The van der Waals surface area contributed by atoms with Crippen molar-refractivity contribution < 1.29 is 27.6 Å². The Kier molecular flexibility index (Phi) is 7.81. The molecular weight excluding hydrogens is 434 g/mol. The highest BCUT2D eigenvalue weighted by molar-refractivity contribution is 7.85. The van der Waals surface area contributed by atoms with Crippen LogP contribution in [0.1, 0.15) is 55.7 Å². The van der Waals surface area contributed by atoms with E-state index in [9.17, 15) is 13.5 Å². The van der Waals surface area contributed by atoms with Gasteiger partial charge in [0.15, 0.2) is 11.5 Å². The summed E-state index contributed by atoms with van der Waals surface area (Å²) >= 11 is 0. The average Bonchev–Trinajstić information content (AvgIpc) is 2.79. The van der Waals surface area contributed by atoms with Gasteiger partial charge < -0.3 is 14.6 Å². The summed E-state index contributed by atoms with van der Waals surface area (Å²) in [5.74, 6) is 1.41. The first-order valence-corrected chi connectivity index (χ1v) is 12.2. The second kappa shape index (κ2) is 10.4. The molecule has 2 N–H and O–H groups in total. The van der Waals surface area contributed by atoms with Crippen LogP contribution in [0.15, 0.2) is 35.8 Å². The van der Waals surface area contributed by atoms with Crippen LogP contribution in [0.5, 0.6) is 11.5 Å². The van der Waals surface area contributed by atoms with Gasteiger partial charge in [0.05, 0.1) is 37.3 Å². The van der Waals surface area contributed by atoms with Gasteiger partial charge in [-0.15, -0.1) is 0 Å². The smallest absolute Gasteiger partial charge is 0.264 e. The normalized spacial score (nSPS) is 21.9. The molecule has 1 aromatic heterocycles. The topological polar surface area (TPSA) is 131 Å². The van der Waals surface area contributed by atoms with Crippen LogP contribution < -0.4 is 9.47 Å². The number of benzene rings is 1. The quantitative estimate of drug-likeness (QED) is 0.647. The van der Waals surface area contributed by atoms with E-state index in [1.807, 2.05) is 13.0 Å². The summed E-state index contributed by atoms with van der Waals surface area (Å²) in [6.07, 6.45) is 7.20. The Morgan fingerprint density at radius 2 is 1.81 bits per heavy atom. The van der Waals surface area contributed by atoms with Gasteiger partial charge in [-0.3, -0.25) is 9.55 Å². The van der Waals surface area contributed by atoms with Crippen molar-refractivity contribution in [2.24, 2.45) is 4.99 Å². The van der Waals surface area contributed by atoms with E-state index in [0.717, 1.165) is 47.4 Å². The standard InChI is InChI=1S/C20H23N3O3.C2H6O3S/c1-3-26-19-7-14-15-6-13(24)4-5-17(15)23-20(12-9-21-11-22-10-12)16(14)8-18(19)25-2;1-2-6(3,4)5/h7-11,13,15,17,24H,3-6H2,1-2H3;2H2,1H3,(H,3,4,5)/t13-,15-,17-;/m1./s1. The number of aromatic nitrogens is 2. The number of aliphatic imine (C=N–C) groups is 1. The van der Waals surface area contributed by atoms with Gasteiger partial charge in [-0.1, -0.05) is 0 Å². The van der Waals surface area contributed by atoms with Crippen molar-refractivity contribution in [1.29, 1.82) is 0 Å². The molecule has 174 valence electrons. The molecule has 1 saturated carbocycles. The van der Waals surface area contributed by atoms with Crippen molar-refractivity contribution >= 4 is 15.8 Å². The van der Waals surface area contributed by atoms with Crippen LogP contribution in [-0.4, -0.2) is 65.4 Å². The van der Waals surface area contributed by atoms with Gasteiger partial charge in [-0.05, 0) is 50.8 Å². The van der Waals surface area contributed by atoms with E-state index >= 15 is 0 Å². The number of hydrogen-bond acceptors (Lipinski definition) is 8. The Morgan fingerprint density at radius 3 is 2.41 bits per heavy atom. The minimum atomic E-state index is -3.66. The molecule has 4 rings (SSSR count). The molecule has 1 fully saturated rings. The molecule has 0 spiro atoms. The third-order valence-corrected chi connectivity index (χ3v) is 6.30. The van der Waals surface area contributed by atoms with Crippen molar-refractivity contribution in [1.82, 2.24) is 9.97 Å². The molecule has 1 aromatic carbocycles. The van der Waals surface area contributed by atoms with Crippen LogP contribution in [0.4, 0.5) is 0 Å². The van der Waals surface area contributed by atoms with E-state index in [4.69, 9.17) is 19.0 Å². The number of ether oxygens (including phenoxy) is 2. The van der Waals surface area contributed by atoms with E-state index in [-0.39, 0.29) is 23.8 Å². The predicted molar refractivity (Wildman–Crippen MR) is 120 cm³/mol. The lowest BCUT2D eigenvalue weighted by molar-refractivity contribution is 0.111. The van der Waals surface area contributed by atoms with Gasteiger partial charge in [0.25, 0.3) is 10.1 Å². The van der Waals surface area contributed by atoms with E-state index in [1.165, 1.54) is 13.3 Å². The maximum absolute atomic E-state index is 10.2. The van der Waals surface area contributed by atoms with E-state index in [0.29, 0.717) is 12.4 Å². The Balaban J connectivity index is 0.000000427. The van der Waals surface area contributed by atoms with Crippen LogP contribution in [0.3, 0.4) is 0 Å². The molecule has 10 heteroatoms. The second-order valence-corrected chi connectivity index (χ2v) is 9.38. The van der Waals surface area contributed by atoms with Crippen LogP contribution in [0, 0.1) is 0 Å². The van der Waals surface area contributed by atoms with Crippen molar-refractivity contribution in [3.8, 4) is 11.5 Å².